The summed E-state index contributed by atoms with van der Waals surface area (Å²) in [6, 6.07) is 1.73. The largest absolute Gasteiger partial charge is 0.318 e. The van der Waals surface area contributed by atoms with Crippen molar-refractivity contribution in [1.29, 1.82) is 0 Å². The van der Waals surface area contributed by atoms with E-state index in [1.54, 1.807) is 12.3 Å². The standard InChI is InChI=1S/C6H5N3O/c10-6-4-1-2-7-5(4)8-3-9-6/h1-3H,(H2,7,8,9,10)/p+1. The van der Waals surface area contributed by atoms with Gasteiger partial charge < -0.3 is 0 Å². The Labute approximate surface area is 55.9 Å². The first-order chi connectivity index (χ1) is 4.88. The lowest BCUT2D eigenvalue weighted by Crippen LogP contribution is -2.14. The van der Waals surface area contributed by atoms with Gasteiger partial charge in [-0.1, -0.05) is 0 Å². The second kappa shape index (κ2) is 1.70. The molecule has 0 amide bonds. The third-order valence-electron chi connectivity index (χ3n) is 1.41. The van der Waals surface area contributed by atoms with E-state index in [9.17, 15) is 4.79 Å². The van der Waals surface area contributed by atoms with Gasteiger partial charge in [-0.25, -0.2) is 4.98 Å². The Balaban J connectivity index is 3.09. The van der Waals surface area contributed by atoms with Crippen molar-refractivity contribution in [2.24, 2.45) is 0 Å². The molecule has 2 aromatic heterocycles. The zero-order valence-corrected chi connectivity index (χ0v) is 5.14. The molecule has 3 N–H and O–H groups in total. The summed E-state index contributed by atoms with van der Waals surface area (Å²) in [4.78, 5) is 19.2. The highest BCUT2D eigenvalue weighted by Gasteiger charge is 2.01. The van der Waals surface area contributed by atoms with E-state index in [4.69, 9.17) is 0 Å². The van der Waals surface area contributed by atoms with Gasteiger partial charge in [-0.15, -0.1) is 0 Å². The Kier molecular flexibility index (Phi) is 0.887. The predicted octanol–water partition coefficient (Wildman–Crippen LogP) is -0.330. The van der Waals surface area contributed by atoms with Crippen LogP contribution in [-0.4, -0.2) is 9.97 Å². The lowest BCUT2D eigenvalue weighted by molar-refractivity contribution is -0.352. The van der Waals surface area contributed by atoms with Crippen molar-refractivity contribution < 1.29 is 4.98 Å². The summed E-state index contributed by atoms with van der Waals surface area (Å²) in [7, 11) is 0. The summed E-state index contributed by atoms with van der Waals surface area (Å²) in [5.74, 6) is 0. The monoisotopic (exact) mass is 136 g/mol. The fourth-order valence-electron chi connectivity index (χ4n) is 0.930. The molecule has 0 atom stereocenters. The average molecular weight is 136 g/mol. The van der Waals surface area contributed by atoms with Crippen LogP contribution in [0, 0.1) is 0 Å². The number of aromatic nitrogens is 3. The summed E-state index contributed by atoms with van der Waals surface area (Å²) in [6.07, 6.45) is 3.22. The number of H-pyrrole nitrogens is 3. The van der Waals surface area contributed by atoms with E-state index in [0.29, 0.717) is 5.39 Å². The summed E-state index contributed by atoms with van der Waals surface area (Å²) in [5.41, 5.74) is 0.679. The predicted molar refractivity (Wildman–Crippen MR) is 35.5 cm³/mol. The Bertz CT molecular complexity index is 400. The summed E-state index contributed by atoms with van der Waals surface area (Å²) in [6.45, 7) is 0. The SMILES string of the molecule is O=c1[nH]c[nH+]c2[nH]ccc12. The molecule has 0 aliphatic rings. The highest BCUT2D eigenvalue weighted by Crippen LogP contribution is 1.95. The number of nitrogens with one attached hydrogen (secondary N) is 3. The lowest BCUT2D eigenvalue weighted by Gasteiger charge is -1.78. The van der Waals surface area contributed by atoms with Gasteiger partial charge in [0, 0.05) is 0 Å². The van der Waals surface area contributed by atoms with Gasteiger partial charge in [0.15, 0.2) is 6.33 Å². The van der Waals surface area contributed by atoms with E-state index >= 15 is 0 Å². The quantitative estimate of drug-likeness (QED) is 0.511. The minimum Gasteiger partial charge on any atom is -0.279 e. The fourth-order valence-corrected chi connectivity index (χ4v) is 0.930. The molecule has 2 heterocycles. The van der Waals surface area contributed by atoms with Crippen LogP contribution in [0.4, 0.5) is 0 Å². The number of hydrogen-bond acceptors (Lipinski definition) is 1. The molecule has 0 saturated carbocycles. The molecule has 4 nitrogen and oxygen atoms in total. The van der Waals surface area contributed by atoms with Gasteiger partial charge in [-0.3, -0.25) is 14.8 Å². The average Bonchev–Trinajstić information content (AvgIpc) is 2.36. The van der Waals surface area contributed by atoms with E-state index in [1.165, 1.54) is 6.33 Å². The van der Waals surface area contributed by atoms with Gasteiger partial charge in [0.2, 0.25) is 5.65 Å². The first kappa shape index (κ1) is 5.22. The molecule has 0 saturated heterocycles. The molecule has 10 heavy (non-hydrogen) atoms. The molecule has 2 aromatic rings. The molecule has 0 spiro atoms. The van der Waals surface area contributed by atoms with Gasteiger partial charge in [0.25, 0.3) is 0 Å². The van der Waals surface area contributed by atoms with Crippen LogP contribution in [0.15, 0.2) is 23.4 Å². The maximum Gasteiger partial charge on any atom is 0.318 e. The van der Waals surface area contributed by atoms with Crippen LogP contribution in [-0.2, 0) is 0 Å². The first-order valence-corrected chi connectivity index (χ1v) is 2.94. The van der Waals surface area contributed by atoms with Crippen LogP contribution >= 0.6 is 0 Å². The molecule has 4 heteroatoms. The Hall–Kier alpha value is -1.58. The third kappa shape index (κ3) is 0.556. The molecule has 50 valence electrons. The highest BCUT2D eigenvalue weighted by atomic mass is 16.1. The van der Waals surface area contributed by atoms with Crippen molar-refractivity contribution in [2.45, 2.75) is 0 Å². The Morgan fingerprint density at radius 2 is 2.30 bits per heavy atom. The molecule has 0 unspecified atom stereocenters. The molecule has 0 radical (unpaired) electrons. The maximum atomic E-state index is 10.9. The van der Waals surface area contributed by atoms with E-state index in [-0.39, 0.29) is 5.56 Å². The van der Waals surface area contributed by atoms with E-state index in [1.807, 2.05) is 0 Å². The van der Waals surface area contributed by atoms with Crippen molar-refractivity contribution in [1.82, 2.24) is 9.97 Å². The molecule has 0 aliphatic carbocycles. The zero-order chi connectivity index (χ0) is 6.97. The van der Waals surface area contributed by atoms with Crippen LogP contribution in [0.5, 0.6) is 0 Å². The van der Waals surface area contributed by atoms with Gasteiger partial charge in [-0.2, -0.15) is 0 Å². The zero-order valence-electron chi connectivity index (χ0n) is 5.14. The van der Waals surface area contributed by atoms with Gasteiger partial charge >= 0.3 is 5.56 Å². The highest BCUT2D eigenvalue weighted by molar-refractivity contribution is 5.70. The summed E-state index contributed by atoms with van der Waals surface area (Å²) < 4.78 is 0. The minimum atomic E-state index is -0.0741. The molecular weight excluding hydrogens is 130 g/mol. The van der Waals surface area contributed by atoms with Gasteiger partial charge in [0.05, 0.1) is 6.20 Å². The molecular formula is C6H6N3O+. The van der Waals surface area contributed by atoms with E-state index in [0.717, 1.165) is 5.65 Å². The number of fused-ring (bicyclic) bond motifs is 1. The number of aromatic amines is 3. The summed E-state index contributed by atoms with van der Waals surface area (Å²) >= 11 is 0. The van der Waals surface area contributed by atoms with Crippen LogP contribution in [0.2, 0.25) is 0 Å². The smallest absolute Gasteiger partial charge is 0.279 e. The molecule has 2 rings (SSSR count). The molecule has 0 aromatic carbocycles. The second-order valence-corrected chi connectivity index (χ2v) is 2.03. The minimum absolute atomic E-state index is 0.0741. The maximum absolute atomic E-state index is 10.9. The molecule has 0 fully saturated rings. The number of rotatable bonds is 0. The normalized spacial score (nSPS) is 10.4. The first-order valence-electron chi connectivity index (χ1n) is 2.94. The summed E-state index contributed by atoms with van der Waals surface area (Å²) in [5, 5.41) is 0.655. The number of hydrogen-bond donors (Lipinski definition) is 2. The van der Waals surface area contributed by atoms with Crippen molar-refractivity contribution in [3.8, 4) is 0 Å². The van der Waals surface area contributed by atoms with Crippen LogP contribution in [0.3, 0.4) is 0 Å². The third-order valence-corrected chi connectivity index (χ3v) is 1.41. The Morgan fingerprint density at radius 3 is 3.10 bits per heavy atom. The van der Waals surface area contributed by atoms with Gasteiger partial charge in [-0.05, 0) is 6.07 Å². The molecule has 0 bridgehead atoms. The van der Waals surface area contributed by atoms with Crippen LogP contribution in [0.25, 0.3) is 11.0 Å². The van der Waals surface area contributed by atoms with Crippen molar-refractivity contribution in [2.75, 3.05) is 0 Å². The second-order valence-electron chi connectivity index (χ2n) is 2.03. The fraction of sp³-hybridized carbons (Fsp3) is 0. The Morgan fingerprint density at radius 1 is 1.40 bits per heavy atom. The lowest BCUT2D eigenvalue weighted by atomic mass is 10.4. The van der Waals surface area contributed by atoms with E-state index < -0.39 is 0 Å². The van der Waals surface area contributed by atoms with E-state index in [2.05, 4.69) is 15.0 Å². The van der Waals surface area contributed by atoms with Crippen molar-refractivity contribution in [3.05, 3.63) is 28.9 Å². The molecule has 0 aliphatic heterocycles. The van der Waals surface area contributed by atoms with Crippen molar-refractivity contribution >= 4 is 11.0 Å². The van der Waals surface area contributed by atoms with Crippen LogP contribution < -0.4 is 10.5 Å². The topological polar surface area (TPSA) is 62.8 Å². The van der Waals surface area contributed by atoms with Crippen LogP contribution in [0.1, 0.15) is 0 Å². The van der Waals surface area contributed by atoms with Crippen molar-refractivity contribution in [3.63, 3.8) is 0 Å². The van der Waals surface area contributed by atoms with Gasteiger partial charge in [0.1, 0.15) is 5.39 Å².